The van der Waals surface area contributed by atoms with Gasteiger partial charge in [0.2, 0.25) is 0 Å². The van der Waals surface area contributed by atoms with Crippen molar-refractivity contribution in [2.45, 2.75) is 6.42 Å². The molecule has 0 unspecified atom stereocenters. The van der Waals surface area contributed by atoms with Crippen molar-refractivity contribution >= 4 is 6.09 Å². The van der Waals surface area contributed by atoms with Gasteiger partial charge in [0.25, 0.3) is 0 Å². The van der Waals surface area contributed by atoms with Gasteiger partial charge in [0.1, 0.15) is 0 Å². The molecule has 5 heteroatoms. The Morgan fingerprint density at radius 2 is 2.22 bits per heavy atom. The molecule has 0 aromatic rings. The van der Waals surface area contributed by atoms with Crippen LogP contribution >= 0.6 is 0 Å². The SMILES string of the molecule is O=C(O)NNCCCO. The van der Waals surface area contributed by atoms with Crippen molar-refractivity contribution in [1.82, 2.24) is 10.9 Å². The van der Waals surface area contributed by atoms with Gasteiger partial charge in [0.15, 0.2) is 0 Å². The number of nitrogens with one attached hydrogen (secondary N) is 2. The molecule has 0 fully saturated rings. The number of rotatable bonds is 4. The molecular formula is C4H10N2O3. The molecule has 1 amide bonds. The summed E-state index contributed by atoms with van der Waals surface area (Å²) in [4.78, 5) is 9.73. The van der Waals surface area contributed by atoms with E-state index >= 15 is 0 Å². The number of carbonyl (C=O) groups is 1. The lowest BCUT2D eigenvalue weighted by Gasteiger charge is -1.99. The van der Waals surface area contributed by atoms with E-state index < -0.39 is 6.09 Å². The Bertz CT molecular complexity index is 85.9. The van der Waals surface area contributed by atoms with Crippen LogP contribution in [-0.2, 0) is 0 Å². The van der Waals surface area contributed by atoms with Crippen LogP contribution in [-0.4, -0.2) is 29.5 Å². The summed E-state index contributed by atoms with van der Waals surface area (Å²) in [5, 5.41) is 16.2. The molecule has 0 aromatic carbocycles. The highest BCUT2D eigenvalue weighted by atomic mass is 16.4. The Kier molecular flexibility index (Phi) is 4.85. The highest BCUT2D eigenvalue weighted by molar-refractivity contribution is 5.63. The van der Waals surface area contributed by atoms with Gasteiger partial charge in [-0.15, -0.1) is 0 Å². The third-order valence-corrected chi connectivity index (χ3v) is 0.655. The summed E-state index contributed by atoms with van der Waals surface area (Å²) in [6, 6.07) is 0. The summed E-state index contributed by atoms with van der Waals surface area (Å²) in [7, 11) is 0. The molecule has 54 valence electrons. The molecule has 0 saturated heterocycles. The van der Waals surface area contributed by atoms with Gasteiger partial charge in [-0.05, 0) is 6.42 Å². The molecule has 0 radical (unpaired) electrons. The average Bonchev–Trinajstić information content (AvgIpc) is 1.80. The van der Waals surface area contributed by atoms with Crippen molar-refractivity contribution in [3.63, 3.8) is 0 Å². The summed E-state index contributed by atoms with van der Waals surface area (Å²) >= 11 is 0. The van der Waals surface area contributed by atoms with E-state index in [4.69, 9.17) is 10.2 Å². The van der Waals surface area contributed by atoms with Crippen LogP contribution in [0.15, 0.2) is 0 Å². The van der Waals surface area contributed by atoms with Crippen LogP contribution in [0.25, 0.3) is 0 Å². The van der Waals surface area contributed by atoms with Gasteiger partial charge in [0, 0.05) is 13.2 Å². The van der Waals surface area contributed by atoms with E-state index in [1.807, 2.05) is 5.43 Å². The van der Waals surface area contributed by atoms with Gasteiger partial charge < -0.3 is 10.2 Å². The highest BCUT2D eigenvalue weighted by Crippen LogP contribution is 1.67. The molecule has 0 aromatic heterocycles. The number of hydrogen-bond acceptors (Lipinski definition) is 3. The van der Waals surface area contributed by atoms with Crippen LogP contribution in [0.4, 0.5) is 4.79 Å². The van der Waals surface area contributed by atoms with E-state index in [2.05, 4.69) is 5.43 Å². The van der Waals surface area contributed by atoms with Crippen molar-refractivity contribution in [3.8, 4) is 0 Å². The molecule has 9 heavy (non-hydrogen) atoms. The van der Waals surface area contributed by atoms with E-state index in [9.17, 15) is 4.79 Å². The van der Waals surface area contributed by atoms with Crippen molar-refractivity contribution in [2.24, 2.45) is 0 Å². The largest absolute Gasteiger partial charge is 0.464 e. The summed E-state index contributed by atoms with van der Waals surface area (Å²) in [5.74, 6) is 0. The Labute approximate surface area is 52.7 Å². The molecule has 0 saturated carbocycles. The summed E-state index contributed by atoms with van der Waals surface area (Å²) in [6.45, 7) is 0.511. The Morgan fingerprint density at radius 1 is 1.56 bits per heavy atom. The number of hydrazine groups is 1. The second-order valence-corrected chi connectivity index (χ2v) is 1.43. The molecule has 0 spiro atoms. The molecule has 0 bridgehead atoms. The minimum atomic E-state index is -1.12. The van der Waals surface area contributed by atoms with Crippen LogP contribution in [0.5, 0.6) is 0 Å². The first-order chi connectivity index (χ1) is 4.27. The summed E-state index contributed by atoms with van der Waals surface area (Å²) in [5.41, 5.74) is 4.31. The maximum absolute atomic E-state index is 9.73. The van der Waals surface area contributed by atoms with Crippen molar-refractivity contribution < 1.29 is 15.0 Å². The highest BCUT2D eigenvalue weighted by Gasteiger charge is 1.89. The van der Waals surface area contributed by atoms with E-state index in [-0.39, 0.29) is 6.61 Å². The lowest BCUT2D eigenvalue weighted by atomic mass is 10.5. The molecule has 5 nitrogen and oxygen atoms in total. The molecule has 0 atom stereocenters. The molecule has 4 N–H and O–H groups in total. The third kappa shape index (κ3) is 7.19. The number of aliphatic hydroxyl groups is 1. The first kappa shape index (κ1) is 8.19. The third-order valence-electron chi connectivity index (χ3n) is 0.655. The number of carboxylic acid groups (broad SMARTS) is 1. The zero-order valence-corrected chi connectivity index (χ0v) is 4.92. The second kappa shape index (κ2) is 5.33. The maximum atomic E-state index is 9.73. The van der Waals surface area contributed by atoms with E-state index in [1.165, 1.54) is 0 Å². The molecule has 0 aliphatic heterocycles. The molecule has 0 rings (SSSR count). The second-order valence-electron chi connectivity index (χ2n) is 1.43. The first-order valence-electron chi connectivity index (χ1n) is 2.60. The lowest BCUT2D eigenvalue weighted by Crippen LogP contribution is -2.36. The van der Waals surface area contributed by atoms with Crippen molar-refractivity contribution in [1.29, 1.82) is 0 Å². The Hall–Kier alpha value is -0.810. The minimum absolute atomic E-state index is 0.0638. The quantitative estimate of drug-likeness (QED) is 0.298. The van der Waals surface area contributed by atoms with Gasteiger partial charge >= 0.3 is 6.09 Å². The standard InChI is InChI=1S/C4H10N2O3/c7-3-1-2-5-6-4(8)9/h5-7H,1-3H2,(H,8,9). The van der Waals surface area contributed by atoms with E-state index in [0.29, 0.717) is 13.0 Å². The van der Waals surface area contributed by atoms with Gasteiger partial charge in [-0.1, -0.05) is 0 Å². The minimum Gasteiger partial charge on any atom is -0.464 e. The molecular weight excluding hydrogens is 124 g/mol. The smallest absolute Gasteiger partial charge is 0.419 e. The van der Waals surface area contributed by atoms with Crippen LogP contribution in [0, 0.1) is 0 Å². The van der Waals surface area contributed by atoms with Crippen molar-refractivity contribution in [2.75, 3.05) is 13.2 Å². The van der Waals surface area contributed by atoms with Crippen LogP contribution < -0.4 is 10.9 Å². The summed E-state index contributed by atoms with van der Waals surface area (Å²) in [6.07, 6.45) is -0.576. The van der Waals surface area contributed by atoms with Gasteiger partial charge in [0.05, 0.1) is 0 Å². The topological polar surface area (TPSA) is 81.6 Å². The van der Waals surface area contributed by atoms with Gasteiger partial charge in [-0.3, -0.25) is 5.43 Å². The molecule has 0 heterocycles. The van der Waals surface area contributed by atoms with E-state index in [1.54, 1.807) is 0 Å². The zero-order chi connectivity index (χ0) is 7.11. The normalized spacial score (nSPS) is 9.00. The number of amides is 1. The fraction of sp³-hybridized carbons (Fsp3) is 0.750. The Balaban J connectivity index is 2.83. The van der Waals surface area contributed by atoms with Gasteiger partial charge in [-0.2, -0.15) is 0 Å². The summed E-state index contributed by atoms with van der Waals surface area (Å²) < 4.78 is 0. The van der Waals surface area contributed by atoms with Gasteiger partial charge in [-0.25, -0.2) is 10.2 Å². The Morgan fingerprint density at radius 3 is 2.67 bits per heavy atom. The molecule has 0 aliphatic rings. The predicted octanol–water partition coefficient (Wildman–Crippen LogP) is -0.859. The predicted molar refractivity (Wildman–Crippen MR) is 30.9 cm³/mol. The van der Waals surface area contributed by atoms with E-state index in [0.717, 1.165) is 0 Å². The lowest BCUT2D eigenvalue weighted by molar-refractivity contribution is 0.188. The maximum Gasteiger partial charge on any atom is 0.419 e. The average molecular weight is 134 g/mol. The van der Waals surface area contributed by atoms with Crippen LogP contribution in [0.2, 0.25) is 0 Å². The first-order valence-corrected chi connectivity index (χ1v) is 2.60. The van der Waals surface area contributed by atoms with Crippen molar-refractivity contribution in [3.05, 3.63) is 0 Å². The fourth-order valence-electron chi connectivity index (χ4n) is 0.306. The molecule has 0 aliphatic carbocycles. The van der Waals surface area contributed by atoms with Crippen LogP contribution in [0.3, 0.4) is 0 Å². The number of hydrogen-bond donors (Lipinski definition) is 4. The number of aliphatic hydroxyl groups excluding tert-OH is 1. The fourth-order valence-corrected chi connectivity index (χ4v) is 0.306. The van der Waals surface area contributed by atoms with Crippen LogP contribution in [0.1, 0.15) is 6.42 Å². The monoisotopic (exact) mass is 134 g/mol. The zero-order valence-electron chi connectivity index (χ0n) is 4.92.